The highest BCUT2D eigenvalue weighted by Gasteiger charge is 2.44. The van der Waals surface area contributed by atoms with Crippen molar-refractivity contribution in [3.05, 3.63) is 53.8 Å². The molecule has 1 amide bonds. The normalized spacial score (nSPS) is 21.3. The fourth-order valence-corrected chi connectivity index (χ4v) is 7.30. The van der Waals surface area contributed by atoms with Crippen LogP contribution in [0.4, 0.5) is 15.8 Å². The number of sulfone groups is 1. The molecule has 0 saturated carbocycles. The Hall–Kier alpha value is -2.59. The molecule has 7 nitrogen and oxygen atoms in total. The van der Waals surface area contributed by atoms with E-state index in [2.05, 4.69) is 10.3 Å². The summed E-state index contributed by atoms with van der Waals surface area (Å²) in [6, 6.07) is 11.4. The average molecular weight is 464 g/mol. The molecule has 164 valence electrons. The van der Waals surface area contributed by atoms with Crippen LogP contribution in [0.3, 0.4) is 0 Å². The summed E-state index contributed by atoms with van der Waals surface area (Å²) < 4.78 is 42.8. The molecule has 0 radical (unpaired) electrons. The summed E-state index contributed by atoms with van der Waals surface area (Å²) in [4.78, 5) is 19.1. The number of methoxy groups -OCH3 is 1. The Morgan fingerprint density at radius 2 is 2.00 bits per heavy atom. The molecule has 0 spiro atoms. The van der Waals surface area contributed by atoms with Crippen molar-refractivity contribution in [2.24, 2.45) is 4.99 Å². The Balaban J connectivity index is 1.56. The van der Waals surface area contributed by atoms with Gasteiger partial charge in [-0.2, -0.15) is 0 Å². The Morgan fingerprint density at radius 1 is 1.26 bits per heavy atom. The summed E-state index contributed by atoms with van der Waals surface area (Å²) in [6.07, 6.45) is 0. The summed E-state index contributed by atoms with van der Waals surface area (Å²) in [5.41, 5.74) is 1.59. The van der Waals surface area contributed by atoms with Gasteiger partial charge in [-0.3, -0.25) is 9.79 Å². The summed E-state index contributed by atoms with van der Waals surface area (Å²) in [7, 11) is -1.51. The number of anilines is 2. The van der Waals surface area contributed by atoms with Crippen LogP contribution in [0.1, 0.15) is 5.56 Å². The van der Waals surface area contributed by atoms with E-state index in [4.69, 9.17) is 4.74 Å². The van der Waals surface area contributed by atoms with Gasteiger partial charge in [-0.05, 0) is 48.9 Å². The topological polar surface area (TPSA) is 88.1 Å². The van der Waals surface area contributed by atoms with Crippen molar-refractivity contribution in [3.8, 4) is 5.75 Å². The van der Waals surface area contributed by atoms with E-state index >= 15 is 0 Å². The smallest absolute Gasteiger partial charge is 0.244 e. The average Bonchev–Trinajstić information content (AvgIpc) is 3.22. The molecule has 1 N–H and O–H groups in total. The number of halogens is 1. The van der Waals surface area contributed by atoms with E-state index in [1.807, 2.05) is 12.1 Å². The zero-order valence-corrected chi connectivity index (χ0v) is 18.7. The summed E-state index contributed by atoms with van der Waals surface area (Å²) in [5, 5.41) is 3.17. The van der Waals surface area contributed by atoms with Crippen LogP contribution in [0, 0.1) is 12.7 Å². The largest absolute Gasteiger partial charge is 0.497 e. The highest BCUT2D eigenvalue weighted by molar-refractivity contribution is 8.15. The molecule has 2 aliphatic heterocycles. The zero-order valence-electron chi connectivity index (χ0n) is 17.0. The van der Waals surface area contributed by atoms with Crippen LogP contribution < -0.4 is 15.0 Å². The van der Waals surface area contributed by atoms with E-state index in [0.717, 1.165) is 5.69 Å². The zero-order chi connectivity index (χ0) is 22.2. The second kappa shape index (κ2) is 8.51. The van der Waals surface area contributed by atoms with Gasteiger partial charge in [0.05, 0.1) is 24.7 Å². The van der Waals surface area contributed by atoms with Gasteiger partial charge in [0.25, 0.3) is 0 Å². The van der Waals surface area contributed by atoms with E-state index in [1.165, 1.54) is 17.8 Å². The number of amidine groups is 1. The second-order valence-corrected chi connectivity index (χ2v) is 10.9. The van der Waals surface area contributed by atoms with Crippen molar-refractivity contribution in [2.45, 2.75) is 18.2 Å². The number of benzene rings is 2. The molecule has 2 aromatic rings. The molecule has 2 aliphatic rings. The number of hydrogen-bond acceptors (Lipinski definition) is 7. The predicted octanol–water partition coefficient (Wildman–Crippen LogP) is 2.86. The van der Waals surface area contributed by atoms with E-state index in [9.17, 15) is 17.6 Å². The van der Waals surface area contributed by atoms with Gasteiger partial charge >= 0.3 is 0 Å². The Morgan fingerprint density at radius 3 is 2.65 bits per heavy atom. The van der Waals surface area contributed by atoms with Crippen molar-refractivity contribution in [1.29, 1.82) is 0 Å². The van der Waals surface area contributed by atoms with Gasteiger partial charge < -0.3 is 15.0 Å². The Bertz CT molecular complexity index is 1140. The molecule has 2 aromatic carbocycles. The summed E-state index contributed by atoms with van der Waals surface area (Å²) in [5.74, 6) is 0.0500. The molecule has 2 heterocycles. The molecule has 1 fully saturated rings. The van der Waals surface area contributed by atoms with Gasteiger partial charge in [-0.25, -0.2) is 12.8 Å². The van der Waals surface area contributed by atoms with Gasteiger partial charge in [0.15, 0.2) is 15.0 Å². The number of nitrogens with zero attached hydrogens (tertiary/aromatic N) is 2. The molecule has 0 unspecified atom stereocenters. The third-order valence-electron chi connectivity index (χ3n) is 5.18. The van der Waals surface area contributed by atoms with Crippen LogP contribution >= 0.6 is 11.8 Å². The monoisotopic (exact) mass is 463 g/mol. The number of aliphatic imine (C=N–C) groups is 1. The lowest BCUT2D eigenvalue weighted by Crippen LogP contribution is -2.36. The number of fused-ring (bicyclic) bond motifs is 1. The van der Waals surface area contributed by atoms with Crippen molar-refractivity contribution < 1.29 is 22.3 Å². The van der Waals surface area contributed by atoms with E-state index in [1.54, 1.807) is 43.2 Å². The first-order chi connectivity index (χ1) is 14.7. The molecule has 0 aromatic heterocycles. The van der Waals surface area contributed by atoms with E-state index < -0.39 is 15.7 Å². The number of carbonyl (C=O) groups excluding carboxylic acids is 1. The molecule has 0 aliphatic carbocycles. The predicted molar refractivity (Wildman–Crippen MR) is 121 cm³/mol. The Labute approximate surface area is 184 Å². The standard InChI is InChI=1S/C21H22FN3O4S2/c1-13-3-4-14(9-17(13)22)23-20(26)10-25(15-5-7-16(29-2)8-6-15)21-24-18-11-31(27,28)12-19(18)30-21/h3-9,18-19H,10-12H2,1-2H3,(H,23,26)/t18-,19+/m1/s1. The van der Waals surface area contributed by atoms with Crippen molar-refractivity contribution in [1.82, 2.24) is 0 Å². The van der Waals surface area contributed by atoms with E-state index in [0.29, 0.717) is 22.2 Å². The van der Waals surface area contributed by atoms with Gasteiger partial charge in [0.2, 0.25) is 5.91 Å². The maximum atomic E-state index is 13.8. The van der Waals surface area contributed by atoms with E-state index in [-0.39, 0.29) is 35.2 Å². The maximum Gasteiger partial charge on any atom is 0.244 e. The molecule has 4 rings (SSSR count). The SMILES string of the molecule is COc1ccc(N(CC(=O)Nc2ccc(C)c(F)c2)C2=N[C@@H]3CS(=O)(=O)C[C@@H]3S2)cc1. The van der Waals surface area contributed by atoms with Crippen LogP contribution in [0.2, 0.25) is 0 Å². The maximum absolute atomic E-state index is 13.8. The molecule has 1 saturated heterocycles. The Kier molecular flexibility index (Phi) is 5.94. The number of nitrogens with one attached hydrogen (secondary N) is 1. The summed E-state index contributed by atoms with van der Waals surface area (Å²) in [6.45, 7) is 1.60. The van der Waals surface area contributed by atoms with Gasteiger partial charge in [0, 0.05) is 16.6 Å². The highest BCUT2D eigenvalue weighted by atomic mass is 32.2. The lowest BCUT2D eigenvalue weighted by atomic mass is 10.2. The minimum atomic E-state index is -3.08. The number of aryl methyl sites for hydroxylation is 1. The number of carbonyl (C=O) groups is 1. The number of rotatable bonds is 5. The molecule has 10 heteroatoms. The second-order valence-electron chi connectivity index (χ2n) is 7.51. The van der Waals surface area contributed by atoms with Crippen LogP contribution in [0.15, 0.2) is 47.5 Å². The third kappa shape index (κ3) is 4.85. The number of ether oxygens (including phenoxy) is 1. The summed E-state index contributed by atoms with van der Waals surface area (Å²) >= 11 is 1.37. The third-order valence-corrected chi connectivity index (χ3v) is 8.42. The van der Waals surface area contributed by atoms with Crippen molar-refractivity contribution >= 4 is 44.0 Å². The number of thioether (sulfide) groups is 1. The van der Waals surface area contributed by atoms with Crippen LogP contribution in [-0.4, -0.2) is 55.9 Å². The molecule has 31 heavy (non-hydrogen) atoms. The number of amides is 1. The fraction of sp³-hybridized carbons (Fsp3) is 0.333. The lowest BCUT2D eigenvalue weighted by molar-refractivity contribution is -0.114. The molecular weight excluding hydrogens is 441 g/mol. The van der Waals surface area contributed by atoms with Crippen molar-refractivity contribution in [2.75, 3.05) is 35.4 Å². The molecule has 2 atom stereocenters. The van der Waals surface area contributed by atoms with Gasteiger partial charge in [0.1, 0.15) is 18.1 Å². The first kappa shape index (κ1) is 21.6. The minimum absolute atomic E-state index is 0.0272. The first-order valence-electron chi connectivity index (χ1n) is 9.66. The van der Waals surface area contributed by atoms with Crippen molar-refractivity contribution in [3.63, 3.8) is 0 Å². The molecule has 0 bridgehead atoms. The fourth-order valence-electron chi connectivity index (χ4n) is 3.52. The quantitative estimate of drug-likeness (QED) is 0.734. The van der Waals surface area contributed by atoms with Crippen LogP contribution in [-0.2, 0) is 14.6 Å². The van der Waals surface area contributed by atoms with Gasteiger partial charge in [-0.1, -0.05) is 17.8 Å². The number of hydrogen-bond donors (Lipinski definition) is 1. The van der Waals surface area contributed by atoms with Crippen LogP contribution in [0.5, 0.6) is 5.75 Å². The highest BCUT2D eigenvalue weighted by Crippen LogP contribution is 2.37. The van der Waals surface area contributed by atoms with Gasteiger partial charge in [-0.15, -0.1) is 0 Å². The first-order valence-corrected chi connectivity index (χ1v) is 12.4. The minimum Gasteiger partial charge on any atom is -0.497 e. The lowest BCUT2D eigenvalue weighted by Gasteiger charge is -2.24. The molecular formula is C21H22FN3O4S2. The van der Waals surface area contributed by atoms with Crippen LogP contribution in [0.25, 0.3) is 0 Å².